The summed E-state index contributed by atoms with van der Waals surface area (Å²) in [6.07, 6.45) is -4.11. The minimum atomic E-state index is -4.65. The van der Waals surface area contributed by atoms with Crippen molar-refractivity contribution in [3.63, 3.8) is 0 Å². The summed E-state index contributed by atoms with van der Waals surface area (Å²) in [6.45, 7) is 7.83. The lowest BCUT2D eigenvalue weighted by Crippen LogP contribution is -2.58. The molecular formula is C34H47F3N6O8S2. The second-order valence-corrected chi connectivity index (χ2v) is 15.9. The normalized spacial score (nSPS) is 19.5. The van der Waals surface area contributed by atoms with E-state index >= 15 is 0 Å². The molecular weight excluding hydrogens is 742 g/mol. The topological polar surface area (TPSA) is 180 Å². The third-order valence-corrected chi connectivity index (χ3v) is 11.2. The molecule has 2 fully saturated rings. The van der Waals surface area contributed by atoms with Gasteiger partial charge in [0.25, 0.3) is 5.91 Å². The quantitative estimate of drug-likeness (QED) is 0.199. The van der Waals surface area contributed by atoms with Crippen LogP contribution in [0, 0.1) is 17.8 Å². The van der Waals surface area contributed by atoms with Crippen molar-refractivity contribution in [2.45, 2.75) is 96.2 Å². The lowest BCUT2D eigenvalue weighted by molar-refractivity contribution is -0.149. The van der Waals surface area contributed by atoms with E-state index < -0.39 is 65.9 Å². The third-order valence-electron chi connectivity index (χ3n) is 9.42. The van der Waals surface area contributed by atoms with Crippen molar-refractivity contribution in [3.05, 3.63) is 32.2 Å². The molecule has 2 aromatic rings. The first kappa shape index (κ1) is 42.1. The highest BCUT2D eigenvalue weighted by molar-refractivity contribution is 7.10. The number of hydrogen-bond donors (Lipinski definition) is 3. The Labute approximate surface area is 313 Å². The van der Waals surface area contributed by atoms with E-state index in [1.807, 2.05) is 25.8 Å². The average molecular weight is 789 g/mol. The number of amides is 3. The van der Waals surface area contributed by atoms with Gasteiger partial charge >= 0.3 is 18.1 Å². The van der Waals surface area contributed by atoms with Gasteiger partial charge in [-0.2, -0.15) is 13.2 Å². The molecule has 3 amide bonds. The number of morpholine rings is 1. The minimum absolute atomic E-state index is 0.00886. The summed E-state index contributed by atoms with van der Waals surface area (Å²) in [7, 11) is 3.48. The summed E-state index contributed by atoms with van der Waals surface area (Å²) in [6, 6.07) is -2.62. The van der Waals surface area contributed by atoms with Crippen LogP contribution in [0.1, 0.15) is 85.7 Å². The van der Waals surface area contributed by atoms with Gasteiger partial charge in [-0.05, 0) is 38.1 Å². The largest absolute Gasteiger partial charge is 0.481 e. The Morgan fingerprint density at radius 3 is 2.36 bits per heavy atom. The number of thiazole rings is 2. The van der Waals surface area contributed by atoms with Gasteiger partial charge in [0.15, 0.2) is 11.8 Å². The first-order valence-electron chi connectivity index (χ1n) is 17.4. The van der Waals surface area contributed by atoms with Gasteiger partial charge in [0.1, 0.15) is 22.8 Å². The number of aromatic nitrogens is 2. The van der Waals surface area contributed by atoms with E-state index in [-0.39, 0.29) is 65.2 Å². The van der Waals surface area contributed by atoms with Crippen LogP contribution in [0.25, 0.3) is 0 Å². The first-order chi connectivity index (χ1) is 24.8. The molecule has 0 radical (unpaired) electrons. The summed E-state index contributed by atoms with van der Waals surface area (Å²) in [5.41, 5.74) is -1.14. The summed E-state index contributed by atoms with van der Waals surface area (Å²) in [4.78, 5) is 76.0. The molecule has 1 aliphatic carbocycles. The van der Waals surface area contributed by atoms with Crippen LogP contribution in [0.2, 0.25) is 0 Å². The van der Waals surface area contributed by atoms with E-state index in [9.17, 15) is 42.3 Å². The summed E-state index contributed by atoms with van der Waals surface area (Å²) < 4.78 is 50.6. The molecule has 0 aromatic carbocycles. The van der Waals surface area contributed by atoms with Crippen LogP contribution in [0.5, 0.6) is 0 Å². The Morgan fingerprint density at radius 1 is 1.09 bits per heavy atom. The van der Waals surface area contributed by atoms with Crippen molar-refractivity contribution in [3.8, 4) is 0 Å². The van der Waals surface area contributed by atoms with Gasteiger partial charge in [0, 0.05) is 56.2 Å². The van der Waals surface area contributed by atoms with Gasteiger partial charge in [-0.1, -0.05) is 20.8 Å². The molecule has 14 nitrogen and oxygen atoms in total. The Balaban J connectivity index is 1.49. The van der Waals surface area contributed by atoms with Gasteiger partial charge in [-0.3, -0.25) is 28.9 Å². The van der Waals surface area contributed by atoms with E-state index in [1.165, 1.54) is 19.2 Å². The molecule has 1 saturated heterocycles. The second kappa shape index (κ2) is 18.1. The highest BCUT2D eigenvalue weighted by Crippen LogP contribution is 2.36. The molecule has 0 spiro atoms. The number of esters is 1. The van der Waals surface area contributed by atoms with Crippen LogP contribution in [-0.4, -0.2) is 113 Å². The number of hydrogen-bond acceptors (Lipinski definition) is 12. The molecule has 294 valence electrons. The van der Waals surface area contributed by atoms with Gasteiger partial charge in [0.05, 0.1) is 24.1 Å². The molecule has 0 bridgehead atoms. The van der Waals surface area contributed by atoms with Gasteiger partial charge in [-0.25, -0.2) is 9.97 Å². The Hall–Kier alpha value is -3.68. The average Bonchev–Trinajstić information content (AvgIpc) is 3.58. The molecule has 6 atom stereocenters. The molecule has 1 saturated carbocycles. The monoisotopic (exact) mass is 788 g/mol. The van der Waals surface area contributed by atoms with E-state index in [0.29, 0.717) is 13.2 Å². The van der Waals surface area contributed by atoms with E-state index in [0.717, 1.165) is 40.9 Å². The van der Waals surface area contributed by atoms with Crippen molar-refractivity contribution in [1.29, 1.82) is 0 Å². The standard InChI is InChI=1S/C34H47F3N6O8S2/c1-17(2)23(43(6)32(47)28(20-7-8-20)41-30(46)24-14-50-10-9-42(24)5)13-25(51-19(4)44)31-39-22(15-53-31)29(45)38-21(11-18(3)33(48)49)12-27-40-26(16-52-27)34(35,36)37/h15-18,20-21,23-25,28H,7-14H2,1-6H3,(H,38,45)(H,41,46)(H,48,49)/t18-,21+,23+,24+,25+,28-/m0/s1. The van der Waals surface area contributed by atoms with Gasteiger partial charge in [0.2, 0.25) is 11.8 Å². The van der Waals surface area contributed by atoms with E-state index in [2.05, 4.69) is 20.6 Å². The maximum Gasteiger partial charge on any atom is 0.434 e. The highest BCUT2D eigenvalue weighted by Gasteiger charge is 2.43. The maximum atomic E-state index is 14.0. The number of carboxylic acids is 1. The van der Waals surface area contributed by atoms with Crippen molar-refractivity contribution >= 4 is 52.3 Å². The lowest BCUT2D eigenvalue weighted by Gasteiger charge is -2.37. The predicted molar refractivity (Wildman–Crippen MR) is 188 cm³/mol. The fourth-order valence-electron chi connectivity index (χ4n) is 6.17. The molecule has 0 unspecified atom stereocenters. The zero-order valence-corrected chi connectivity index (χ0v) is 32.1. The predicted octanol–water partition coefficient (Wildman–Crippen LogP) is 3.77. The van der Waals surface area contributed by atoms with Crippen LogP contribution in [0.15, 0.2) is 10.8 Å². The highest BCUT2D eigenvalue weighted by atomic mass is 32.1. The van der Waals surface area contributed by atoms with Crippen LogP contribution in [0.3, 0.4) is 0 Å². The van der Waals surface area contributed by atoms with E-state index in [1.54, 1.807) is 11.9 Å². The third kappa shape index (κ3) is 11.7. The molecule has 2 aliphatic rings. The molecule has 53 heavy (non-hydrogen) atoms. The second-order valence-electron chi connectivity index (χ2n) is 14.0. The van der Waals surface area contributed by atoms with Crippen LogP contribution in [0.4, 0.5) is 13.2 Å². The van der Waals surface area contributed by atoms with Crippen molar-refractivity contribution < 1.29 is 51.7 Å². The summed E-state index contributed by atoms with van der Waals surface area (Å²) in [5.74, 6) is -4.07. The fourth-order valence-corrected chi connectivity index (χ4v) is 7.89. The zero-order valence-electron chi connectivity index (χ0n) is 30.5. The Bertz CT molecular complexity index is 1620. The molecule has 3 heterocycles. The number of rotatable bonds is 17. The zero-order chi connectivity index (χ0) is 39.2. The lowest BCUT2D eigenvalue weighted by atomic mass is 9.95. The maximum absolute atomic E-state index is 14.0. The number of carbonyl (C=O) groups is 5. The summed E-state index contributed by atoms with van der Waals surface area (Å²) in [5, 5.41) is 17.8. The molecule has 4 rings (SSSR count). The number of nitrogens with one attached hydrogen (secondary N) is 2. The van der Waals surface area contributed by atoms with E-state index in [4.69, 9.17) is 9.47 Å². The number of alkyl halides is 3. The van der Waals surface area contributed by atoms with Crippen molar-refractivity contribution in [1.82, 2.24) is 30.4 Å². The van der Waals surface area contributed by atoms with Crippen molar-refractivity contribution in [2.75, 3.05) is 33.9 Å². The van der Waals surface area contributed by atoms with Gasteiger partial charge in [-0.15, -0.1) is 22.7 Å². The summed E-state index contributed by atoms with van der Waals surface area (Å²) >= 11 is 1.81. The SMILES string of the molecule is CC(=O)O[C@H](C[C@H](C(C)C)N(C)C(=O)[C@@H](NC(=O)[C@H]1COCCN1C)C1CC1)c1nc(C(=O)N[C@@H](Cc2nc(C(F)(F)F)cs2)C[C@H](C)C(=O)O)cs1. The Kier molecular flexibility index (Phi) is 14.4. The van der Waals surface area contributed by atoms with Crippen molar-refractivity contribution in [2.24, 2.45) is 17.8 Å². The molecule has 3 N–H and O–H groups in total. The van der Waals surface area contributed by atoms with Crippen LogP contribution in [-0.2, 0) is 41.2 Å². The van der Waals surface area contributed by atoms with Crippen LogP contribution < -0.4 is 10.6 Å². The molecule has 1 aliphatic heterocycles. The van der Waals surface area contributed by atoms with Gasteiger partial charge < -0.3 is 30.1 Å². The van der Waals surface area contributed by atoms with Crippen LogP contribution >= 0.6 is 22.7 Å². The smallest absolute Gasteiger partial charge is 0.434 e. The number of halogens is 3. The number of carboxylic acid groups (broad SMARTS) is 1. The number of likely N-dealkylation sites (N-methyl/N-ethyl adjacent to an activating group) is 2. The molecule has 19 heteroatoms. The fraction of sp³-hybridized carbons (Fsp3) is 0.676. The number of aliphatic carboxylic acids is 1. The number of carbonyl (C=O) groups excluding carboxylic acids is 4. The number of ether oxygens (including phenoxy) is 2. The Morgan fingerprint density at radius 2 is 1.79 bits per heavy atom. The number of nitrogens with zero attached hydrogens (tertiary/aromatic N) is 4. The molecule has 2 aromatic heterocycles. The minimum Gasteiger partial charge on any atom is -0.481 e. The first-order valence-corrected chi connectivity index (χ1v) is 19.1.